The van der Waals surface area contributed by atoms with Crippen molar-refractivity contribution >= 4 is 0 Å². The summed E-state index contributed by atoms with van der Waals surface area (Å²) in [5, 5.41) is 0. The molecule has 0 radical (unpaired) electrons. The molecule has 0 spiro atoms. The third-order valence-electron chi connectivity index (χ3n) is 2.81. The van der Waals surface area contributed by atoms with Gasteiger partial charge in [0.1, 0.15) is 0 Å². The van der Waals surface area contributed by atoms with E-state index in [-0.39, 0.29) is 0 Å². The molecular formula is C11H20O. The summed E-state index contributed by atoms with van der Waals surface area (Å²) in [6, 6.07) is 0. The minimum atomic E-state index is 0.478. The van der Waals surface area contributed by atoms with Gasteiger partial charge >= 0.3 is 0 Å². The van der Waals surface area contributed by atoms with Crippen molar-refractivity contribution in [3.8, 4) is 0 Å². The van der Waals surface area contributed by atoms with E-state index in [4.69, 9.17) is 4.74 Å². The highest BCUT2D eigenvalue weighted by atomic mass is 16.5. The summed E-state index contributed by atoms with van der Waals surface area (Å²) >= 11 is 0. The molecule has 0 aliphatic heterocycles. The Kier molecular flexibility index (Phi) is 3.80. The molecule has 0 saturated heterocycles. The Hall–Kier alpha value is -0.300. The van der Waals surface area contributed by atoms with Gasteiger partial charge in [-0.3, -0.25) is 0 Å². The van der Waals surface area contributed by atoms with Gasteiger partial charge in [0.25, 0.3) is 0 Å². The van der Waals surface area contributed by atoms with Crippen LogP contribution < -0.4 is 0 Å². The summed E-state index contributed by atoms with van der Waals surface area (Å²) in [6.07, 6.45) is 6.24. The second kappa shape index (κ2) is 4.66. The average Bonchev–Trinajstić information content (AvgIpc) is 2.07. The molecule has 1 saturated carbocycles. The summed E-state index contributed by atoms with van der Waals surface area (Å²) in [4.78, 5) is 0. The fourth-order valence-corrected chi connectivity index (χ4v) is 1.90. The summed E-state index contributed by atoms with van der Waals surface area (Å²) in [5.41, 5.74) is 0. The molecular weight excluding hydrogens is 148 g/mol. The Morgan fingerprint density at radius 1 is 1.42 bits per heavy atom. The van der Waals surface area contributed by atoms with E-state index in [9.17, 15) is 0 Å². The van der Waals surface area contributed by atoms with Crippen LogP contribution in [0.2, 0.25) is 0 Å². The maximum absolute atomic E-state index is 5.70. The molecule has 70 valence electrons. The standard InChI is InChI=1S/C11H20O/c1-4-7-12-11-8-9(2)5-6-10(11)3/h4,9-11H,1,5-8H2,2-3H3. The molecule has 0 N–H and O–H groups in total. The smallest absolute Gasteiger partial charge is 0.0648 e. The van der Waals surface area contributed by atoms with E-state index in [1.54, 1.807) is 0 Å². The lowest BCUT2D eigenvalue weighted by atomic mass is 9.82. The average molecular weight is 168 g/mol. The van der Waals surface area contributed by atoms with E-state index in [2.05, 4.69) is 20.4 Å². The maximum atomic E-state index is 5.70. The monoisotopic (exact) mass is 168 g/mol. The van der Waals surface area contributed by atoms with E-state index >= 15 is 0 Å². The van der Waals surface area contributed by atoms with Gasteiger partial charge in [-0.15, -0.1) is 6.58 Å². The van der Waals surface area contributed by atoms with Gasteiger partial charge in [0.15, 0.2) is 0 Å². The lowest BCUT2D eigenvalue weighted by Crippen LogP contribution is -2.29. The van der Waals surface area contributed by atoms with Gasteiger partial charge in [0, 0.05) is 0 Å². The van der Waals surface area contributed by atoms with Gasteiger partial charge in [-0.25, -0.2) is 0 Å². The minimum Gasteiger partial charge on any atom is -0.374 e. The first-order chi connectivity index (χ1) is 5.74. The summed E-state index contributed by atoms with van der Waals surface area (Å²) < 4.78 is 5.70. The van der Waals surface area contributed by atoms with Crippen LogP contribution in [-0.2, 0) is 4.74 Å². The molecule has 3 unspecified atom stereocenters. The first-order valence-electron chi connectivity index (χ1n) is 4.96. The van der Waals surface area contributed by atoms with Crippen molar-refractivity contribution in [1.82, 2.24) is 0 Å². The Labute approximate surface area is 75.8 Å². The lowest BCUT2D eigenvalue weighted by Gasteiger charge is -2.32. The second-order valence-corrected chi connectivity index (χ2v) is 4.06. The summed E-state index contributed by atoms with van der Waals surface area (Å²) in [7, 11) is 0. The fourth-order valence-electron chi connectivity index (χ4n) is 1.90. The topological polar surface area (TPSA) is 9.23 Å². The maximum Gasteiger partial charge on any atom is 0.0648 e. The van der Waals surface area contributed by atoms with Crippen molar-refractivity contribution in [3.63, 3.8) is 0 Å². The van der Waals surface area contributed by atoms with Crippen LogP contribution in [0.4, 0.5) is 0 Å². The van der Waals surface area contributed by atoms with E-state index in [0.29, 0.717) is 12.7 Å². The van der Waals surface area contributed by atoms with Gasteiger partial charge in [-0.05, 0) is 24.7 Å². The number of rotatable bonds is 3. The van der Waals surface area contributed by atoms with Crippen LogP contribution in [-0.4, -0.2) is 12.7 Å². The van der Waals surface area contributed by atoms with Crippen LogP contribution in [0.25, 0.3) is 0 Å². The molecule has 3 atom stereocenters. The molecule has 1 aliphatic carbocycles. The van der Waals surface area contributed by atoms with Crippen molar-refractivity contribution in [1.29, 1.82) is 0 Å². The SMILES string of the molecule is C=CCOC1CC(C)CCC1C. The molecule has 0 aromatic carbocycles. The van der Waals surface area contributed by atoms with Crippen molar-refractivity contribution < 1.29 is 4.74 Å². The Balaban J connectivity index is 2.32. The molecule has 0 aromatic rings. The largest absolute Gasteiger partial charge is 0.374 e. The van der Waals surface area contributed by atoms with Gasteiger partial charge in [0.05, 0.1) is 12.7 Å². The third kappa shape index (κ3) is 2.63. The zero-order valence-corrected chi connectivity index (χ0v) is 8.25. The van der Waals surface area contributed by atoms with Crippen molar-refractivity contribution in [2.75, 3.05) is 6.61 Å². The van der Waals surface area contributed by atoms with Gasteiger partial charge in [-0.2, -0.15) is 0 Å². The van der Waals surface area contributed by atoms with Crippen LogP contribution in [0.5, 0.6) is 0 Å². The number of hydrogen-bond donors (Lipinski definition) is 0. The summed E-state index contributed by atoms with van der Waals surface area (Å²) in [5.74, 6) is 1.58. The van der Waals surface area contributed by atoms with Crippen molar-refractivity contribution in [2.45, 2.75) is 39.2 Å². The number of hydrogen-bond acceptors (Lipinski definition) is 1. The molecule has 1 aliphatic rings. The van der Waals surface area contributed by atoms with Gasteiger partial charge in [0.2, 0.25) is 0 Å². The van der Waals surface area contributed by atoms with E-state index in [1.807, 2.05) is 6.08 Å². The van der Waals surface area contributed by atoms with Crippen molar-refractivity contribution in [2.24, 2.45) is 11.8 Å². The highest BCUT2D eigenvalue weighted by Crippen LogP contribution is 2.30. The second-order valence-electron chi connectivity index (χ2n) is 4.06. The highest BCUT2D eigenvalue weighted by molar-refractivity contribution is 4.77. The van der Waals surface area contributed by atoms with Crippen molar-refractivity contribution in [3.05, 3.63) is 12.7 Å². The molecule has 0 aromatic heterocycles. The number of ether oxygens (including phenoxy) is 1. The third-order valence-corrected chi connectivity index (χ3v) is 2.81. The molecule has 0 heterocycles. The zero-order valence-electron chi connectivity index (χ0n) is 8.25. The van der Waals surface area contributed by atoms with Crippen LogP contribution in [0.3, 0.4) is 0 Å². The Morgan fingerprint density at radius 2 is 2.17 bits per heavy atom. The normalized spacial score (nSPS) is 36.3. The molecule has 0 bridgehead atoms. The predicted octanol–water partition coefficient (Wildman–Crippen LogP) is 3.01. The fraction of sp³-hybridized carbons (Fsp3) is 0.818. The van der Waals surface area contributed by atoms with E-state index in [0.717, 1.165) is 11.8 Å². The van der Waals surface area contributed by atoms with E-state index < -0.39 is 0 Å². The first-order valence-corrected chi connectivity index (χ1v) is 4.96. The van der Waals surface area contributed by atoms with Gasteiger partial charge < -0.3 is 4.74 Å². The van der Waals surface area contributed by atoms with Crippen LogP contribution >= 0.6 is 0 Å². The summed E-state index contributed by atoms with van der Waals surface area (Å²) in [6.45, 7) is 8.98. The Morgan fingerprint density at radius 3 is 2.83 bits per heavy atom. The molecule has 0 amide bonds. The molecule has 12 heavy (non-hydrogen) atoms. The predicted molar refractivity (Wildman–Crippen MR) is 52.1 cm³/mol. The first kappa shape index (κ1) is 9.79. The van der Waals surface area contributed by atoms with E-state index in [1.165, 1.54) is 19.3 Å². The minimum absolute atomic E-state index is 0.478. The quantitative estimate of drug-likeness (QED) is 0.589. The molecule has 1 rings (SSSR count). The highest BCUT2D eigenvalue weighted by Gasteiger charge is 2.25. The Bertz CT molecular complexity index is 142. The lowest BCUT2D eigenvalue weighted by molar-refractivity contribution is -0.00396. The van der Waals surface area contributed by atoms with Crippen LogP contribution in [0, 0.1) is 11.8 Å². The molecule has 1 fully saturated rings. The molecule has 1 heteroatoms. The molecule has 1 nitrogen and oxygen atoms in total. The zero-order chi connectivity index (χ0) is 8.97. The van der Waals surface area contributed by atoms with Gasteiger partial charge in [-0.1, -0.05) is 26.3 Å². The van der Waals surface area contributed by atoms with Crippen LogP contribution in [0.1, 0.15) is 33.1 Å². The van der Waals surface area contributed by atoms with Crippen LogP contribution in [0.15, 0.2) is 12.7 Å².